The Morgan fingerprint density at radius 3 is 2.18 bits per heavy atom. The number of halogens is 1. The molecule has 254 valence electrons. The van der Waals surface area contributed by atoms with Crippen LogP contribution < -0.4 is 10.6 Å². The second-order valence-corrected chi connectivity index (χ2v) is 9.86. The van der Waals surface area contributed by atoms with Crippen LogP contribution in [0.15, 0.2) is 79.1 Å². The summed E-state index contributed by atoms with van der Waals surface area (Å²) in [5.41, 5.74) is 5.47. The lowest BCUT2D eigenvalue weighted by Gasteiger charge is -2.21. The van der Waals surface area contributed by atoms with Gasteiger partial charge >= 0.3 is 0 Å². The lowest BCUT2D eigenvalue weighted by Crippen LogP contribution is -2.36. The van der Waals surface area contributed by atoms with Crippen molar-refractivity contribution in [3.05, 3.63) is 102 Å². The van der Waals surface area contributed by atoms with Crippen LogP contribution in [0.3, 0.4) is 0 Å². The van der Waals surface area contributed by atoms with Gasteiger partial charge in [0, 0.05) is 48.0 Å². The lowest BCUT2D eigenvalue weighted by molar-refractivity contribution is -0.115. The van der Waals surface area contributed by atoms with E-state index in [-0.39, 0.29) is 22.8 Å². The third kappa shape index (κ3) is 14.9. The smallest absolute Gasteiger partial charge is 0.256 e. The highest BCUT2D eigenvalue weighted by Crippen LogP contribution is 2.29. The molecular weight excluding hydrogens is 595 g/mol. The second-order valence-electron chi connectivity index (χ2n) is 9.50. The molecule has 2 atom stereocenters. The fourth-order valence-corrected chi connectivity index (χ4v) is 4.22. The first-order valence-electron chi connectivity index (χ1n) is 14.5. The quantitative estimate of drug-likeness (QED) is 0.0919. The van der Waals surface area contributed by atoms with Gasteiger partial charge in [-0.25, -0.2) is 4.39 Å². The van der Waals surface area contributed by atoms with Gasteiger partial charge in [0.25, 0.3) is 11.8 Å². The summed E-state index contributed by atoms with van der Waals surface area (Å²) in [6.45, 7) is 21.6. The number of H-pyrrole nitrogens is 1. The Bertz CT molecular complexity index is 1190. The number of nitrogens with one attached hydrogen (secondary N) is 3. The molecule has 9 nitrogen and oxygen atoms in total. The van der Waals surface area contributed by atoms with Gasteiger partial charge in [0.05, 0.1) is 11.1 Å². The average Bonchev–Trinajstić information content (AvgIpc) is 3.48. The molecule has 0 saturated carbocycles. The van der Waals surface area contributed by atoms with E-state index < -0.39 is 12.3 Å². The molecule has 1 aliphatic heterocycles. The van der Waals surface area contributed by atoms with E-state index in [0.29, 0.717) is 24.2 Å². The van der Waals surface area contributed by atoms with Crippen molar-refractivity contribution in [1.29, 1.82) is 0 Å². The molecule has 11 heteroatoms. The summed E-state index contributed by atoms with van der Waals surface area (Å²) in [4.78, 5) is 30.5. The van der Waals surface area contributed by atoms with Crippen LogP contribution in [-0.2, 0) is 4.79 Å². The summed E-state index contributed by atoms with van der Waals surface area (Å²) in [5, 5.41) is 14.5. The van der Waals surface area contributed by atoms with Crippen molar-refractivity contribution < 1.29 is 30.0 Å². The van der Waals surface area contributed by atoms with Crippen molar-refractivity contribution in [2.75, 3.05) is 32.4 Å². The number of likely N-dealkylation sites (N-methyl/N-ethyl adjacent to an activating group) is 2. The number of aryl methyl sites for hydroxylation is 1. The molecular formula is C34H55FN4O5S. The highest BCUT2D eigenvalue weighted by Gasteiger charge is 2.27. The van der Waals surface area contributed by atoms with E-state index in [9.17, 15) is 14.0 Å². The van der Waals surface area contributed by atoms with E-state index in [1.165, 1.54) is 0 Å². The molecule has 45 heavy (non-hydrogen) atoms. The molecule has 2 amide bonds. The molecule has 0 bridgehead atoms. The Morgan fingerprint density at radius 1 is 1.09 bits per heavy atom. The van der Waals surface area contributed by atoms with E-state index in [2.05, 4.69) is 54.1 Å². The fourth-order valence-electron chi connectivity index (χ4n) is 4.07. The fraction of sp³-hybridized carbons (Fsp3) is 0.412. The third-order valence-corrected chi connectivity index (χ3v) is 6.74. The molecule has 2 heterocycles. The van der Waals surface area contributed by atoms with Gasteiger partial charge in [-0.05, 0) is 66.1 Å². The SMILES string of the molecule is C/C=C1C(=C/c2[nH]c(C)c(C(=O)N(CC)CCNC)c2C)/C(=O)NC/1=C/C.C=CC(O)C(F)C=C.C=CCC/C=C/CS.O.O. The summed E-state index contributed by atoms with van der Waals surface area (Å²) in [6.07, 6.45) is 13.6. The Kier molecular flexibility index (Phi) is 26.3. The molecule has 8 N–H and O–H groups in total. The monoisotopic (exact) mass is 650 g/mol. The number of carbonyl (C=O) groups excluding carboxylic acids is 2. The van der Waals surface area contributed by atoms with E-state index in [1.807, 2.05) is 76.9 Å². The molecule has 2 unspecified atom stereocenters. The minimum Gasteiger partial charge on any atom is -0.412 e. The van der Waals surface area contributed by atoms with Crippen LogP contribution in [0.2, 0.25) is 0 Å². The van der Waals surface area contributed by atoms with Crippen molar-refractivity contribution in [1.82, 2.24) is 20.5 Å². The number of amides is 2. The Labute approximate surface area is 274 Å². The number of hydrogen-bond donors (Lipinski definition) is 5. The van der Waals surface area contributed by atoms with Crippen molar-refractivity contribution in [3.63, 3.8) is 0 Å². The van der Waals surface area contributed by atoms with Crippen molar-refractivity contribution in [2.45, 2.75) is 59.7 Å². The van der Waals surface area contributed by atoms with E-state index in [0.717, 1.165) is 65.5 Å². The number of aliphatic hydroxyl groups excluding tert-OH is 1. The number of unbranched alkanes of at least 4 members (excludes halogenated alkanes) is 1. The van der Waals surface area contributed by atoms with E-state index in [1.54, 1.807) is 0 Å². The first-order chi connectivity index (χ1) is 20.5. The van der Waals surface area contributed by atoms with E-state index in [4.69, 9.17) is 5.11 Å². The van der Waals surface area contributed by atoms with Crippen molar-refractivity contribution in [3.8, 4) is 0 Å². The van der Waals surface area contributed by atoms with Crippen LogP contribution in [0, 0.1) is 13.8 Å². The molecule has 0 spiro atoms. The van der Waals surface area contributed by atoms with Crippen LogP contribution in [0.25, 0.3) is 6.08 Å². The maximum atomic E-state index is 13.0. The van der Waals surface area contributed by atoms with Crippen molar-refractivity contribution >= 4 is 30.5 Å². The summed E-state index contributed by atoms with van der Waals surface area (Å²) < 4.78 is 12.1. The predicted molar refractivity (Wildman–Crippen MR) is 190 cm³/mol. The molecule has 2 rings (SSSR count). The zero-order valence-electron chi connectivity index (χ0n) is 27.7. The first kappa shape index (κ1) is 45.9. The first-order valence-corrected chi connectivity index (χ1v) is 15.1. The molecule has 0 radical (unpaired) electrons. The maximum Gasteiger partial charge on any atom is 0.256 e. The summed E-state index contributed by atoms with van der Waals surface area (Å²) in [7, 11) is 1.87. The van der Waals surface area contributed by atoms with Gasteiger partial charge in [0.1, 0.15) is 12.3 Å². The van der Waals surface area contributed by atoms with Gasteiger partial charge in [0.2, 0.25) is 0 Å². The van der Waals surface area contributed by atoms with Gasteiger partial charge in [-0.15, -0.1) is 19.7 Å². The van der Waals surface area contributed by atoms with Crippen LogP contribution in [0.5, 0.6) is 0 Å². The molecule has 1 aromatic rings. The molecule has 0 aliphatic carbocycles. The van der Waals surface area contributed by atoms with Gasteiger partial charge in [0.15, 0.2) is 0 Å². The number of carbonyl (C=O) groups is 2. The van der Waals surface area contributed by atoms with Gasteiger partial charge in [-0.2, -0.15) is 12.6 Å². The zero-order valence-corrected chi connectivity index (χ0v) is 28.6. The largest absolute Gasteiger partial charge is 0.412 e. The number of allylic oxidation sites excluding steroid dienone is 5. The van der Waals surface area contributed by atoms with Crippen LogP contribution in [-0.4, -0.2) is 82.5 Å². The normalized spacial score (nSPS) is 15.9. The molecule has 0 aromatic carbocycles. The minimum atomic E-state index is -1.38. The summed E-state index contributed by atoms with van der Waals surface area (Å²) in [5.74, 6) is 0.733. The van der Waals surface area contributed by atoms with Crippen LogP contribution in [0.1, 0.15) is 60.9 Å². The number of alkyl halides is 1. The number of hydrogen-bond acceptors (Lipinski definition) is 5. The standard InChI is InChI=1S/C21H30N4O2.C7H12S.C6H9FO.2H2O/c1-7-15-16(20(26)24-17(15)8-2)12-18-13(4)19(14(5)23-18)21(27)25(9-3)11-10-22-6;1-2-3-4-5-6-7-8;1-3-5(7)6(8)4-2;;/h7-8,12,22-23H,9-11H2,1-6H3,(H,24,26);2,5-6,8H,1,3-4,7H2;3-6,8H,1-2H2;2*1H2/b15-7-,16-12-,17-8+;6-5+;;;. The Morgan fingerprint density at radius 2 is 1.73 bits per heavy atom. The molecule has 1 aromatic heterocycles. The number of aromatic amines is 1. The van der Waals surface area contributed by atoms with Crippen molar-refractivity contribution in [2.24, 2.45) is 0 Å². The van der Waals surface area contributed by atoms with Gasteiger partial charge in [-0.1, -0.05) is 42.5 Å². The summed E-state index contributed by atoms with van der Waals surface area (Å²) in [6, 6.07) is 0. The Hall–Kier alpha value is -3.48. The molecule has 1 saturated heterocycles. The lowest BCUT2D eigenvalue weighted by atomic mass is 10.0. The number of aromatic nitrogens is 1. The van der Waals surface area contributed by atoms with Gasteiger partial charge < -0.3 is 36.6 Å². The van der Waals surface area contributed by atoms with Crippen LogP contribution >= 0.6 is 12.6 Å². The van der Waals surface area contributed by atoms with Gasteiger partial charge in [-0.3, -0.25) is 9.59 Å². The topological polar surface area (TPSA) is 160 Å². The molecule has 1 aliphatic rings. The Balaban J connectivity index is -0.000000812. The highest BCUT2D eigenvalue weighted by molar-refractivity contribution is 7.80. The number of nitrogens with zero attached hydrogens (tertiary/aromatic N) is 1. The maximum absolute atomic E-state index is 13.0. The number of aliphatic hydroxyl groups is 1. The zero-order chi connectivity index (χ0) is 32.9. The number of thiol groups is 1. The second kappa shape index (κ2) is 25.8. The number of rotatable bonds is 13. The minimum absolute atomic E-state index is 0. The predicted octanol–water partition coefficient (Wildman–Crippen LogP) is 4.52. The van der Waals surface area contributed by atoms with E-state index >= 15 is 0 Å². The van der Waals surface area contributed by atoms with Crippen LogP contribution in [0.4, 0.5) is 4.39 Å². The average molecular weight is 651 g/mol. The highest BCUT2D eigenvalue weighted by atomic mass is 32.1. The third-order valence-electron chi connectivity index (χ3n) is 6.53. The summed E-state index contributed by atoms with van der Waals surface area (Å²) >= 11 is 4.01. The molecule has 1 fully saturated rings.